The lowest BCUT2D eigenvalue weighted by Crippen LogP contribution is -2.46. The highest BCUT2D eigenvalue weighted by molar-refractivity contribution is 7.91. The third-order valence-corrected chi connectivity index (χ3v) is 6.12. The number of H-pyrrole nitrogens is 1. The van der Waals surface area contributed by atoms with Gasteiger partial charge in [-0.25, -0.2) is 8.42 Å². The van der Waals surface area contributed by atoms with Crippen LogP contribution in [-0.4, -0.2) is 57.3 Å². The summed E-state index contributed by atoms with van der Waals surface area (Å²) in [5.74, 6) is -0.143. The Morgan fingerprint density at radius 1 is 1.44 bits per heavy atom. The maximum Gasteiger partial charge on any atom is 0.274 e. The Labute approximate surface area is 147 Å². The van der Waals surface area contributed by atoms with Crippen LogP contribution in [0.25, 0.3) is 0 Å². The van der Waals surface area contributed by atoms with Crippen molar-refractivity contribution in [3.05, 3.63) is 35.4 Å². The van der Waals surface area contributed by atoms with Gasteiger partial charge in [0.25, 0.3) is 5.91 Å². The van der Waals surface area contributed by atoms with E-state index in [-0.39, 0.29) is 29.9 Å². The highest BCUT2D eigenvalue weighted by atomic mass is 32.2. The standard InChI is InChI=1S/C16H23N5O3S/c1-4-20-9-12(8-17-20)15-10-25(23,24)6-5-21(15)16(22)14-7-13(11(2)3)18-19-14/h7-9,11,15H,4-6,10H2,1-3H3,(H,18,19)/t15-/m1/s1. The first-order chi connectivity index (χ1) is 11.8. The first kappa shape index (κ1) is 17.7. The highest BCUT2D eigenvalue weighted by Gasteiger charge is 2.37. The number of nitrogens with one attached hydrogen (secondary N) is 1. The Balaban J connectivity index is 1.92. The van der Waals surface area contributed by atoms with E-state index in [4.69, 9.17) is 0 Å². The lowest BCUT2D eigenvalue weighted by Gasteiger charge is -2.34. The number of aromatic amines is 1. The van der Waals surface area contributed by atoms with Crippen LogP contribution in [-0.2, 0) is 16.4 Å². The van der Waals surface area contributed by atoms with Crippen LogP contribution in [0.3, 0.4) is 0 Å². The molecule has 1 fully saturated rings. The fraction of sp³-hybridized carbons (Fsp3) is 0.562. The molecule has 8 nitrogen and oxygen atoms in total. The summed E-state index contributed by atoms with van der Waals surface area (Å²) in [7, 11) is -3.19. The first-order valence-electron chi connectivity index (χ1n) is 8.39. The van der Waals surface area contributed by atoms with E-state index in [1.165, 1.54) is 0 Å². The number of carbonyl (C=O) groups excluding carboxylic acids is 1. The van der Waals surface area contributed by atoms with E-state index in [1.807, 2.05) is 20.8 Å². The van der Waals surface area contributed by atoms with Crippen LogP contribution < -0.4 is 0 Å². The number of aromatic nitrogens is 4. The van der Waals surface area contributed by atoms with E-state index < -0.39 is 15.9 Å². The summed E-state index contributed by atoms with van der Waals surface area (Å²) in [6.07, 6.45) is 3.44. The predicted octanol–water partition coefficient (Wildman–Crippen LogP) is 1.36. The van der Waals surface area contributed by atoms with Gasteiger partial charge in [-0.05, 0) is 18.9 Å². The number of nitrogens with zero attached hydrogens (tertiary/aromatic N) is 4. The maximum absolute atomic E-state index is 12.9. The van der Waals surface area contributed by atoms with Crippen molar-refractivity contribution in [2.45, 2.75) is 39.3 Å². The molecule has 1 aliphatic rings. The van der Waals surface area contributed by atoms with Gasteiger partial charge >= 0.3 is 0 Å². The summed E-state index contributed by atoms with van der Waals surface area (Å²) in [6, 6.07) is 1.20. The molecule has 0 radical (unpaired) electrons. The molecule has 2 aromatic heterocycles. The second-order valence-electron chi connectivity index (χ2n) is 6.62. The molecule has 0 saturated carbocycles. The minimum absolute atomic E-state index is 0.0292. The molecule has 0 spiro atoms. The summed E-state index contributed by atoms with van der Waals surface area (Å²) >= 11 is 0. The molecule has 0 unspecified atom stereocenters. The first-order valence-corrected chi connectivity index (χ1v) is 10.2. The smallest absolute Gasteiger partial charge is 0.274 e. The molecule has 0 aromatic carbocycles. The second-order valence-corrected chi connectivity index (χ2v) is 8.85. The molecular formula is C16H23N5O3S. The Kier molecular flexibility index (Phi) is 4.68. The number of carbonyl (C=O) groups is 1. The molecule has 1 aliphatic heterocycles. The number of sulfone groups is 1. The molecule has 9 heteroatoms. The number of rotatable bonds is 4. The Hall–Kier alpha value is -2.16. The van der Waals surface area contributed by atoms with Crippen molar-refractivity contribution in [2.75, 3.05) is 18.1 Å². The van der Waals surface area contributed by atoms with Gasteiger partial charge in [0.05, 0.1) is 23.7 Å². The Morgan fingerprint density at radius 2 is 2.20 bits per heavy atom. The zero-order valence-corrected chi connectivity index (χ0v) is 15.5. The average molecular weight is 365 g/mol. The van der Waals surface area contributed by atoms with Crippen molar-refractivity contribution in [1.29, 1.82) is 0 Å². The zero-order chi connectivity index (χ0) is 18.2. The molecule has 25 heavy (non-hydrogen) atoms. The predicted molar refractivity (Wildman–Crippen MR) is 93.0 cm³/mol. The highest BCUT2D eigenvalue weighted by Crippen LogP contribution is 2.28. The molecule has 0 aliphatic carbocycles. The van der Waals surface area contributed by atoms with Gasteiger partial charge in [0, 0.05) is 30.5 Å². The summed E-state index contributed by atoms with van der Waals surface area (Å²) in [5.41, 5.74) is 1.93. The van der Waals surface area contributed by atoms with Crippen molar-refractivity contribution in [2.24, 2.45) is 0 Å². The van der Waals surface area contributed by atoms with Crippen LogP contribution in [0.2, 0.25) is 0 Å². The van der Waals surface area contributed by atoms with Gasteiger partial charge in [-0.1, -0.05) is 13.8 Å². The van der Waals surface area contributed by atoms with Gasteiger partial charge in [0.15, 0.2) is 9.84 Å². The molecule has 1 atom stereocenters. The lowest BCUT2D eigenvalue weighted by atomic mass is 10.1. The minimum atomic E-state index is -3.19. The molecule has 2 aromatic rings. The summed E-state index contributed by atoms with van der Waals surface area (Å²) < 4.78 is 26.0. The number of hydrogen-bond acceptors (Lipinski definition) is 5. The quantitative estimate of drug-likeness (QED) is 0.882. The van der Waals surface area contributed by atoms with Crippen LogP contribution in [0, 0.1) is 0 Å². The van der Waals surface area contributed by atoms with E-state index in [1.54, 1.807) is 28.0 Å². The van der Waals surface area contributed by atoms with Gasteiger partial charge in [-0.15, -0.1) is 0 Å². The Morgan fingerprint density at radius 3 is 2.80 bits per heavy atom. The molecule has 1 N–H and O–H groups in total. The third-order valence-electron chi connectivity index (χ3n) is 4.49. The fourth-order valence-electron chi connectivity index (χ4n) is 2.94. The van der Waals surface area contributed by atoms with E-state index >= 15 is 0 Å². The van der Waals surface area contributed by atoms with Crippen LogP contribution in [0.4, 0.5) is 0 Å². The van der Waals surface area contributed by atoms with Gasteiger partial charge in [0.1, 0.15) is 5.69 Å². The number of hydrogen-bond donors (Lipinski definition) is 1. The third kappa shape index (κ3) is 3.60. The molecule has 136 valence electrons. The van der Waals surface area contributed by atoms with Crippen LogP contribution in [0.5, 0.6) is 0 Å². The fourth-order valence-corrected chi connectivity index (χ4v) is 4.44. The largest absolute Gasteiger partial charge is 0.328 e. The summed E-state index contributed by atoms with van der Waals surface area (Å²) in [6.45, 7) is 6.82. The Bertz CT molecular complexity index is 868. The van der Waals surface area contributed by atoms with Crippen molar-refractivity contribution in [3.8, 4) is 0 Å². The van der Waals surface area contributed by atoms with Gasteiger partial charge in [-0.3, -0.25) is 14.6 Å². The van der Waals surface area contributed by atoms with E-state index in [9.17, 15) is 13.2 Å². The SMILES string of the molecule is CCn1cc([C@H]2CS(=O)(=O)CCN2C(=O)c2cc(C(C)C)[nH]n2)cn1. The van der Waals surface area contributed by atoms with Crippen molar-refractivity contribution in [3.63, 3.8) is 0 Å². The zero-order valence-electron chi connectivity index (χ0n) is 14.6. The monoisotopic (exact) mass is 365 g/mol. The van der Waals surface area contributed by atoms with Gasteiger partial charge in [0.2, 0.25) is 0 Å². The number of amides is 1. The average Bonchev–Trinajstić information content (AvgIpc) is 3.23. The molecule has 0 bridgehead atoms. The lowest BCUT2D eigenvalue weighted by molar-refractivity contribution is 0.0691. The molecule has 1 amide bonds. The van der Waals surface area contributed by atoms with Crippen LogP contribution >= 0.6 is 0 Å². The van der Waals surface area contributed by atoms with Crippen molar-refractivity contribution >= 4 is 15.7 Å². The second kappa shape index (κ2) is 6.62. The van der Waals surface area contributed by atoms with Crippen LogP contribution in [0.1, 0.15) is 54.5 Å². The van der Waals surface area contributed by atoms with E-state index in [2.05, 4.69) is 15.3 Å². The normalized spacial score (nSPS) is 20.2. The van der Waals surface area contributed by atoms with Gasteiger partial charge < -0.3 is 4.90 Å². The van der Waals surface area contributed by atoms with E-state index in [0.717, 1.165) is 11.3 Å². The molecule has 1 saturated heterocycles. The molecule has 3 rings (SSSR count). The topological polar surface area (TPSA) is 101 Å². The van der Waals surface area contributed by atoms with E-state index in [0.29, 0.717) is 12.2 Å². The van der Waals surface area contributed by atoms with Crippen molar-refractivity contribution < 1.29 is 13.2 Å². The minimum Gasteiger partial charge on any atom is -0.328 e. The molecule has 3 heterocycles. The van der Waals surface area contributed by atoms with Crippen LogP contribution in [0.15, 0.2) is 18.5 Å². The van der Waals surface area contributed by atoms with Gasteiger partial charge in [-0.2, -0.15) is 10.2 Å². The molecular weight excluding hydrogens is 342 g/mol. The number of aryl methyl sites for hydroxylation is 1. The summed E-state index contributed by atoms with van der Waals surface area (Å²) in [4.78, 5) is 14.5. The summed E-state index contributed by atoms with van der Waals surface area (Å²) in [5, 5.41) is 11.2. The maximum atomic E-state index is 12.9. The van der Waals surface area contributed by atoms with Crippen molar-refractivity contribution in [1.82, 2.24) is 24.9 Å².